The second-order valence-electron chi connectivity index (χ2n) is 5.94. The number of aromatic nitrogens is 2. The Balaban J connectivity index is 1.49. The van der Waals surface area contributed by atoms with Crippen LogP contribution >= 0.6 is 0 Å². The van der Waals surface area contributed by atoms with E-state index in [2.05, 4.69) is 15.0 Å². The number of hydrogen-bond donors (Lipinski definition) is 0. The minimum Gasteiger partial charge on any atom is -0.377 e. The third-order valence-electron chi connectivity index (χ3n) is 4.04. The van der Waals surface area contributed by atoms with Crippen molar-refractivity contribution in [2.45, 2.75) is 38.7 Å². The second kappa shape index (κ2) is 8.32. The summed E-state index contributed by atoms with van der Waals surface area (Å²) >= 11 is 0. The van der Waals surface area contributed by atoms with Crippen LogP contribution in [0, 0.1) is 5.82 Å². The highest BCUT2D eigenvalue weighted by Crippen LogP contribution is 2.18. The van der Waals surface area contributed by atoms with Crippen LogP contribution in [0.5, 0.6) is 0 Å². The van der Waals surface area contributed by atoms with E-state index in [1.807, 2.05) is 6.07 Å². The summed E-state index contributed by atoms with van der Waals surface area (Å²) in [5.41, 5.74) is 0.593. The summed E-state index contributed by atoms with van der Waals surface area (Å²) in [5, 5.41) is 3.87. The van der Waals surface area contributed by atoms with Crippen LogP contribution in [0.25, 0.3) is 0 Å². The van der Waals surface area contributed by atoms with Gasteiger partial charge in [-0.15, -0.1) is 0 Å². The molecule has 0 amide bonds. The molecule has 2 aromatic rings. The summed E-state index contributed by atoms with van der Waals surface area (Å²) in [6, 6.07) is 6.72. The molecular formula is C17H22FN3O3. The first-order valence-corrected chi connectivity index (χ1v) is 8.12. The molecule has 24 heavy (non-hydrogen) atoms. The highest BCUT2D eigenvalue weighted by molar-refractivity contribution is 5.16. The smallest absolute Gasteiger partial charge is 0.240 e. The molecule has 1 atom stereocenters. The molecule has 0 spiro atoms. The van der Waals surface area contributed by atoms with E-state index in [1.165, 1.54) is 6.07 Å². The van der Waals surface area contributed by atoms with Crippen LogP contribution in [0.4, 0.5) is 4.39 Å². The SMILES string of the molecule is COCc1noc(CN2CCC[C@H](OCc3ccccc3F)C2)n1. The molecule has 0 saturated carbocycles. The molecule has 1 aliphatic heterocycles. The van der Waals surface area contributed by atoms with Crippen LogP contribution in [0.15, 0.2) is 28.8 Å². The Morgan fingerprint density at radius 2 is 2.21 bits per heavy atom. The summed E-state index contributed by atoms with van der Waals surface area (Å²) in [6.45, 7) is 2.97. The van der Waals surface area contributed by atoms with E-state index in [9.17, 15) is 4.39 Å². The van der Waals surface area contributed by atoms with Crippen LogP contribution < -0.4 is 0 Å². The Labute approximate surface area is 140 Å². The van der Waals surface area contributed by atoms with E-state index in [1.54, 1.807) is 19.2 Å². The third-order valence-corrected chi connectivity index (χ3v) is 4.04. The van der Waals surface area contributed by atoms with Crippen LogP contribution in [-0.4, -0.2) is 41.3 Å². The Bertz CT molecular complexity index is 650. The minimum absolute atomic E-state index is 0.0831. The molecule has 0 radical (unpaired) electrons. The van der Waals surface area contributed by atoms with Gasteiger partial charge in [-0.1, -0.05) is 23.4 Å². The Morgan fingerprint density at radius 1 is 1.33 bits per heavy atom. The predicted molar refractivity (Wildman–Crippen MR) is 84.5 cm³/mol. The van der Waals surface area contributed by atoms with Crippen LogP contribution in [-0.2, 0) is 29.2 Å². The first kappa shape index (κ1) is 17.0. The van der Waals surface area contributed by atoms with Crippen LogP contribution in [0.1, 0.15) is 30.1 Å². The number of hydrogen-bond acceptors (Lipinski definition) is 6. The molecule has 1 aromatic heterocycles. The lowest BCUT2D eigenvalue weighted by molar-refractivity contribution is -0.0150. The average molecular weight is 335 g/mol. The number of nitrogens with zero attached hydrogens (tertiary/aromatic N) is 3. The van der Waals surface area contributed by atoms with Gasteiger partial charge in [0, 0.05) is 19.2 Å². The molecule has 0 bridgehead atoms. The summed E-state index contributed by atoms with van der Waals surface area (Å²) in [5.74, 6) is 0.912. The Hall–Kier alpha value is -1.83. The number of likely N-dealkylation sites (tertiary alicyclic amines) is 1. The van der Waals surface area contributed by atoms with E-state index in [0.717, 1.165) is 25.9 Å². The van der Waals surface area contributed by atoms with Gasteiger partial charge in [-0.3, -0.25) is 4.90 Å². The first-order chi connectivity index (χ1) is 11.7. The van der Waals surface area contributed by atoms with Crippen molar-refractivity contribution in [3.63, 3.8) is 0 Å². The second-order valence-corrected chi connectivity index (χ2v) is 5.94. The van der Waals surface area contributed by atoms with Gasteiger partial charge in [0.05, 0.1) is 19.3 Å². The number of halogens is 1. The maximum absolute atomic E-state index is 13.6. The molecule has 0 N–H and O–H groups in total. The maximum atomic E-state index is 13.6. The average Bonchev–Trinajstić information content (AvgIpc) is 3.02. The van der Waals surface area contributed by atoms with E-state index in [4.69, 9.17) is 14.0 Å². The van der Waals surface area contributed by atoms with Crippen molar-refractivity contribution in [1.29, 1.82) is 0 Å². The summed E-state index contributed by atoms with van der Waals surface area (Å²) in [6.07, 6.45) is 2.09. The molecule has 7 heteroatoms. The van der Waals surface area contributed by atoms with Gasteiger partial charge in [-0.25, -0.2) is 4.39 Å². The molecule has 2 heterocycles. The largest absolute Gasteiger partial charge is 0.377 e. The molecule has 1 aliphatic rings. The van der Waals surface area contributed by atoms with Gasteiger partial charge in [0.15, 0.2) is 5.82 Å². The lowest BCUT2D eigenvalue weighted by Crippen LogP contribution is -2.39. The van der Waals surface area contributed by atoms with Crippen molar-refractivity contribution in [2.75, 3.05) is 20.2 Å². The van der Waals surface area contributed by atoms with E-state index < -0.39 is 0 Å². The number of rotatable bonds is 7. The molecule has 1 aromatic carbocycles. The van der Waals surface area contributed by atoms with Gasteiger partial charge in [0.25, 0.3) is 0 Å². The zero-order valence-corrected chi connectivity index (χ0v) is 13.8. The van der Waals surface area contributed by atoms with Gasteiger partial charge in [0.2, 0.25) is 5.89 Å². The van der Waals surface area contributed by atoms with E-state index in [0.29, 0.717) is 37.0 Å². The van der Waals surface area contributed by atoms with Gasteiger partial charge < -0.3 is 14.0 Å². The van der Waals surface area contributed by atoms with Gasteiger partial charge >= 0.3 is 0 Å². The first-order valence-electron chi connectivity index (χ1n) is 8.12. The highest BCUT2D eigenvalue weighted by atomic mass is 19.1. The summed E-state index contributed by atoms with van der Waals surface area (Å²) < 4.78 is 29.7. The fourth-order valence-corrected chi connectivity index (χ4v) is 2.85. The molecule has 130 valence electrons. The minimum atomic E-state index is -0.221. The normalized spacial score (nSPS) is 18.8. The zero-order valence-electron chi connectivity index (χ0n) is 13.8. The Kier molecular flexibility index (Phi) is 5.90. The monoisotopic (exact) mass is 335 g/mol. The number of benzene rings is 1. The third kappa shape index (κ3) is 4.59. The summed E-state index contributed by atoms with van der Waals surface area (Å²) in [7, 11) is 1.60. The number of piperidine rings is 1. The molecule has 6 nitrogen and oxygen atoms in total. The van der Waals surface area contributed by atoms with Crippen LogP contribution in [0.2, 0.25) is 0 Å². The Morgan fingerprint density at radius 3 is 3.04 bits per heavy atom. The van der Waals surface area contributed by atoms with Gasteiger partial charge in [-0.05, 0) is 25.5 Å². The quantitative estimate of drug-likeness (QED) is 0.775. The lowest BCUT2D eigenvalue weighted by atomic mass is 10.1. The van der Waals surface area contributed by atoms with Crippen molar-refractivity contribution in [2.24, 2.45) is 0 Å². The topological polar surface area (TPSA) is 60.6 Å². The lowest BCUT2D eigenvalue weighted by Gasteiger charge is -2.31. The van der Waals surface area contributed by atoms with E-state index in [-0.39, 0.29) is 11.9 Å². The predicted octanol–water partition coefficient (Wildman–Crippen LogP) is 2.54. The molecule has 1 fully saturated rings. The van der Waals surface area contributed by atoms with Gasteiger partial charge in [-0.2, -0.15) is 4.98 Å². The number of methoxy groups -OCH3 is 1. The molecule has 0 unspecified atom stereocenters. The van der Waals surface area contributed by atoms with Crippen molar-refractivity contribution in [3.8, 4) is 0 Å². The standard InChI is InChI=1S/C17H22FN3O3/c1-22-12-16-19-17(24-20-16)10-21-8-4-6-14(9-21)23-11-13-5-2-3-7-15(13)18/h2-3,5,7,14H,4,6,8-12H2,1H3/t14-/m0/s1. The molecule has 1 saturated heterocycles. The maximum Gasteiger partial charge on any atom is 0.240 e. The van der Waals surface area contributed by atoms with E-state index >= 15 is 0 Å². The van der Waals surface area contributed by atoms with Crippen LogP contribution in [0.3, 0.4) is 0 Å². The fraction of sp³-hybridized carbons (Fsp3) is 0.529. The summed E-state index contributed by atoms with van der Waals surface area (Å²) in [4.78, 5) is 6.51. The van der Waals surface area contributed by atoms with Gasteiger partial charge in [0.1, 0.15) is 12.4 Å². The fourth-order valence-electron chi connectivity index (χ4n) is 2.85. The van der Waals surface area contributed by atoms with Crippen molar-refractivity contribution >= 4 is 0 Å². The molecule has 0 aliphatic carbocycles. The zero-order chi connectivity index (χ0) is 16.8. The van der Waals surface area contributed by atoms with Crippen molar-refractivity contribution in [1.82, 2.24) is 15.0 Å². The van der Waals surface area contributed by atoms with Crippen molar-refractivity contribution in [3.05, 3.63) is 47.4 Å². The molecule has 3 rings (SSSR count). The van der Waals surface area contributed by atoms with Crippen molar-refractivity contribution < 1.29 is 18.4 Å². The highest BCUT2D eigenvalue weighted by Gasteiger charge is 2.22. The molecular weight excluding hydrogens is 313 g/mol. The number of ether oxygens (including phenoxy) is 2.